The predicted octanol–water partition coefficient (Wildman–Crippen LogP) is 4.71. The minimum Gasteiger partial charge on any atom is -0.192 e. The van der Waals surface area contributed by atoms with E-state index >= 15 is 0 Å². The van der Waals surface area contributed by atoms with Crippen LogP contribution in [0.4, 0.5) is 0 Å². The van der Waals surface area contributed by atoms with Gasteiger partial charge in [-0.25, -0.2) is 0 Å². The molecule has 0 radical (unpaired) electrons. The molecule has 0 saturated heterocycles. The van der Waals surface area contributed by atoms with Crippen molar-refractivity contribution in [2.45, 2.75) is 33.6 Å². The molecule has 1 rings (SSSR count). The average molecular weight is 278 g/mol. The summed E-state index contributed by atoms with van der Waals surface area (Å²) in [5.41, 5.74) is 4.12. The Labute approximate surface area is 106 Å². The van der Waals surface area contributed by atoms with E-state index in [0.29, 0.717) is 0 Å². The average Bonchev–Trinajstić information content (AvgIpc) is 2.26. The molecule has 0 heterocycles. The van der Waals surface area contributed by atoms with Gasteiger partial charge in [0, 0.05) is 4.48 Å². The van der Waals surface area contributed by atoms with Crippen molar-refractivity contribution >= 4 is 20.4 Å². The van der Waals surface area contributed by atoms with Gasteiger partial charge in [-0.15, -0.1) is 0 Å². The standard InChI is InChI=1S/C14H16BrN/c1-4-5-6-14(15)13-8-12(9-16)10(2)7-11(13)3/h6-8H,4-5H2,1-3H3/b14-6+. The van der Waals surface area contributed by atoms with Crippen LogP contribution in [0, 0.1) is 25.2 Å². The molecule has 0 bridgehead atoms. The number of hydrogen-bond acceptors (Lipinski definition) is 1. The molecule has 0 amide bonds. The zero-order valence-corrected chi connectivity index (χ0v) is 11.6. The highest BCUT2D eigenvalue weighted by Crippen LogP contribution is 2.27. The second-order valence-corrected chi connectivity index (χ2v) is 4.79. The van der Waals surface area contributed by atoms with Gasteiger partial charge >= 0.3 is 0 Å². The van der Waals surface area contributed by atoms with Crippen LogP contribution in [0.2, 0.25) is 0 Å². The van der Waals surface area contributed by atoms with Gasteiger partial charge in [0.15, 0.2) is 0 Å². The van der Waals surface area contributed by atoms with Crippen molar-refractivity contribution in [3.05, 3.63) is 40.5 Å². The molecule has 1 nitrogen and oxygen atoms in total. The van der Waals surface area contributed by atoms with Crippen LogP contribution in [0.25, 0.3) is 4.48 Å². The summed E-state index contributed by atoms with van der Waals surface area (Å²) in [5.74, 6) is 0. The highest BCUT2D eigenvalue weighted by Gasteiger charge is 2.06. The van der Waals surface area contributed by atoms with Gasteiger partial charge in [-0.3, -0.25) is 0 Å². The number of allylic oxidation sites excluding steroid dienone is 1. The molecule has 0 fully saturated rings. The van der Waals surface area contributed by atoms with Gasteiger partial charge in [0.2, 0.25) is 0 Å². The summed E-state index contributed by atoms with van der Waals surface area (Å²) < 4.78 is 1.09. The van der Waals surface area contributed by atoms with Crippen LogP contribution in [0.3, 0.4) is 0 Å². The van der Waals surface area contributed by atoms with Crippen molar-refractivity contribution in [1.82, 2.24) is 0 Å². The Kier molecular flexibility index (Phi) is 4.76. The Balaban J connectivity index is 3.19. The van der Waals surface area contributed by atoms with E-state index in [0.717, 1.165) is 34.0 Å². The number of aryl methyl sites for hydroxylation is 2. The highest BCUT2D eigenvalue weighted by molar-refractivity contribution is 9.15. The molecule has 16 heavy (non-hydrogen) atoms. The molecule has 0 N–H and O–H groups in total. The first-order chi connectivity index (χ1) is 7.60. The molecule has 0 aliphatic heterocycles. The number of nitrogens with zero attached hydrogens (tertiary/aromatic N) is 1. The van der Waals surface area contributed by atoms with Gasteiger partial charge in [-0.05, 0) is 43.0 Å². The van der Waals surface area contributed by atoms with Crippen LogP contribution in [0.1, 0.15) is 42.0 Å². The van der Waals surface area contributed by atoms with Crippen molar-refractivity contribution in [3.8, 4) is 6.07 Å². The van der Waals surface area contributed by atoms with Gasteiger partial charge in [0.25, 0.3) is 0 Å². The zero-order valence-electron chi connectivity index (χ0n) is 9.97. The molecule has 0 atom stereocenters. The summed E-state index contributed by atoms with van der Waals surface area (Å²) in [4.78, 5) is 0. The number of nitriles is 1. The number of benzene rings is 1. The molecular weight excluding hydrogens is 262 g/mol. The number of rotatable bonds is 3. The molecule has 2 heteroatoms. The molecule has 84 valence electrons. The van der Waals surface area contributed by atoms with Gasteiger partial charge < -0.3 is 0 Å². The Hall–Kier alpha value is -1.07. The molecule has 1 aromatic rings. The van der Waals surface area contributed by atoms with E-state index in [1.807, 2.05) is 13.0 Å². The van der Waals surface area contributed by atoms with E-state index in [9.17, 15) is 0 Å². The van der Waals surface area contributed by atoms with Gasteiger partial charge in [-0.2, -0.15) is 5.26 Å². The van der Waals surface area contributed by atoms with Crippen LogP contribution in [-0.4, -0.2) is 0 Å². The van der Waals surface area contributed by atoms with Crippen molar-refractivity contribution in [3.63, 3.8) is 0 Å². The summed E-state index contributed by atoms with van der Waals surface area (Å²) in [5, 5.41) is 9.01. The summed E-state index contributed by atoms with van der Waals surface area (Å²) in [6.07, 6.45) is 4.35. The lowest BCUT2D eigenvalue weighted by atomic mass is 10.00. The quantitative estimate of drug-likeness (QED) is 0.785. The normalized spacial score (nSPS) is 11.3. The lowest BCUT2D eigenvalue weighted by Crippen LogP contribution is -1.90. The molecule has 1 aromatic carbocycles. The summed E-state index contributed by atoms with van der Waals surface area (Å²) in [6.45, 7) is 6.20. The van der Waals surface area contributed by atoms with Crippen LogP contribution in [0.5, 0.6) is 0 Å². The van der Waals surface area contributed by atoms with Crippen molar-refractivity contribution in [1.29, 1.82) is 5.26 Å². The molecule has 0 aliphatic rings. The third-order valence-corrected chi connectivity index (χ3v) is 3.31. The molecule has 0 spiro atoms. The Morgan fingerprint density at radius 2 is 2.06 bits per heavy atom. The summed E-state index contributed by atoms with van der Waals surface area (Å²) in [6, 6.07) is 6.25. The van der Waals surface area contributed by atoms with E-state index in [2.05, 4.69) is 48.0 Å². The maximum absolute atomic E-state index is 9.01. The lowest BCUT2D eigenvalue weighted by molar-refractivity contribution is 0.962. The first-order valence-corrected chi connectivity index (χ1v) is 6.26. The van der Waals surface area contributed by atoms with E-state index in [1.165, 1.54) is 5.56 Å². The van der Waals surface area contributed by atoms with Gasteiger partial charge in [0.1, 0.15) is 0 Å². The predicted molar refractivity (Wildman–Crippen MR) is 72.4 cm³/mol. The van der Waals surface area contributed by atoms with E-state index in [-0.39, 0.29) is 0 Å². The number of hydrogen-bond donors (Lipinski definition) is 0. The fraction of sp³-hybridized carbons (Fsp3) is 0.357. The topological polar surface area (TPSA) is 23.8 Å². The molecule has 0 aliphatic carbocycles. The van der Waals surface area contributed by atoms with E-state index in [4.69, 9.17) is 5.26 Å². The minimum absolute atomic E-state index is 0.752. The van der Waals surface area contributed by atoms with Crippen molar-refractivity contribution in [2.75, 3.05) is 0 Å². The largest absolute Gasteiger partial charge is 0.192 e. The molecule has 0 aromatic heterocycles. The molecule has 0 unspecified atom stereocenters. The maximum atomic E-state index is 9.01. The van der Waals surface area contributed by atoms with Crippen molar-refractivity contribution in [2.24, 2.45) is 0 Å². The molecular formula is C14H16BrN. The summed E-state index contributed by atoms with van der Waals surface area (Å²) in [7, 11) is 0. The Morgan fingerprint density at radius 1 is 1.38 bits per heavy atom. The first kappa shape index (κ1) is 13.0. The zero-order chi connectivity index (χ0) is 12.1. The van der Waals surface area contributed by atoms with Gasteiger partial charge in [0.05, 0.1) is 11.6 Å². The van der Waals surface area contributed by atoms with Crippen LogP contribution in [-0.2, 0) is 0 Å². The second kappa shape index (κ2) is 5.86. The van der Waals surface area contributed by atoms with Gasteiger partial charge in [-0.1, -0.05) is 41.4 Å². The highest BCUT2D eigenvalue weighted by atomic mass is 79.9. The van der Waals surface area contributed by atoms with E-state index in [1.54, 1.807) is 0 Å². The third kappa shape index (κ3) is 2.96. The van der Waals surface area contributed by atoms with E-state index < -0.39 is 0 Å². The van der Waals surface area contributed by atoms with Crippen LogP contribution < -0.4 is 0 Å². The summed E-state index contributed by atoms with van der Waals surface area (Å²) >= 11 is 3.58. The fourth-order valence-electron chi connectivity index (χ4n) is 1.61. The minimum atomic E-state index is 0.752. The lowest BCUT2D eigenvalue weighted by Gasteiger charge is -2.08. The second-order valence-electron chi connectivity index (χ2n) is 3.93. The van der Waals surface area contributed by atoms with Crippen molar-refractivity contribution < 1.29 is 0 Å². The fourth-order valence-corrected chi connectivity index (χ4v) is 2.27. The SMILES string of the molecule is CCC/C=C(/Br)c1cc(C#N)c(C)cc1C. The Morgan fingerprint density at radius 3 is 2.62 bits per heavy atom. The first-order valence-electron chi connectivity index (χ1n) is 5.47. The Bertz CT molecular complexity index is 453. The smallest absolute Gasteiger partial charge is 0.0994 e. The third-order valence-electron chi connectivity index (χ3n) is 2.56. The monoisotopic (exact) mass is 277 g/mol. The number of halogens is 1. The molecule has 0 saturated carbocycles. The van der Waals surface area contributed by atoms with Crippen LogP contribution in [0.15, 0.2) is 18.2 Å². The maximum Gasteiger partial charge on any atom is 0.0994 e. The van der Waals surface area contributed by atoms with Crippen LogP contribution >= 0.6 is 15.9 Å². The number of unbranched alkanes of at least 4 members (excludes halogenated alkanes) is 1.